The number of carbonyl (C=O) groups excluding carboxylic acids is 1. The minimum Gasteiger partial charge on any atom is -0.390 e. The maximum absolute atomic E-state index is 13.8. The Morgan fingerprint density at radius 3 is 2.17 bits per heavy atom. The van der Waals surface area contributed by atoms with Gasteiger partial charge in [-0.2, -0.15) is 12.6 Å². The van der Waals surface area contributed by atoms with Crippen molar-refractivity contribution in [2.45, 2.75) is 18.4 Å². The van der Waals surface area contributed by atoms with Crippen molar-refractivity contribution >= 4 is 24.9 Å². The molecule has 156 valence electrons. The van der Waals surface area contributed by atoms with E-state index in [0.29, 0.717) is 12.5 Å². The zero-order chi connectivity index (χ0) is 21.1. The van der Waals surface area contributed by atoms with E-state index in [1.54, 1.807) is 6.26 Å². The Bertz CT molecular complexity index is 721. The minimum atomic E-state index is -1.17. The molecule has 0 aromatic heterocycles. The fourth-order valence-corrected chi connectivity index (χ4v) is 3.91. The molecule has 0 aliphatic carbocycles. The Morgan fingerprint density at radius 1 is 1.17 bits per heavy atom. The van der Waals surface area contributed by atoms with E-state index in [9.17, 15) is 4.79 Å². The van der Waals surface area contributed by atoms with E-state index in [4.69, 9.17) is 5.73 Å². The number of amides is 1. The summed E-state index contributed by atoms with van der Waals surface area (Å²) in [7, 11) is 1.86. The highest BCUT2D eigenvalue weighted by molar-refractivity contribution is 7.79. The molecule has 1 saturated heterocycles. The Morgan fingerprint density at radius 2 is 1.72 bits per heavy atom. The van der Waals surface area contributed by atoms with Gasteiger partial charge in [0.1, 0.15) is 0 Å². The van der Waals surface area contributed by atoms with Crippen LogP contribution in [0.3, 0.4) is 0 Å². The molecule has 2 aromatic rings. The summed E-state index contributed by atoms with van der Waals surface area (Å²) >= 11 is 3.53. The van der Waals surface area contributed by atoms with Crippen LogP contribution in [0.2, 0.25) is 0 Å². The van der Waals surface area contributed by atoms with Crippen LogP contribution in [0.25, 0.3) is 0 Å². The third-order valence-electron chi connectivity index (χ3n) is 5.24. The standard InChI is InChI=1S/C22H28N4O.CH4S/c1-26(16-18-9-8-14-24-15-18)21(27)22(25-17-23,19-10-4-2-5-11-19)20-12-6-3-7-13-20;1-2/h2-7,10-13,17-18,24H,8-9,14-16H2,1H3,(H2,23,25);2H,1H3. The van der Waals surface area contributed by atoms with E-state index in [-0.39, 0.29) is 5.91 Å². The molecule has 0 radical (unpaired) electrons. The quantitative estimate of drug-likeness (QED) is 0.388. The molecule has 1 aliphatic rings. The average Bonchev–Trinajstić information content (AvgIpc) is 2.80. The maximum Gasteiger partial charge on any atom is 0.259 e. The number of aliphatic imine (C=N–C) groups is 1. The molecule has 1 fully saturated rings. The van der Waals surface area contributed by atoms with Gasteiger partial charge in [-0.25, -0.2) is 4.99 Å². The summed E-state index contributed by atoms with van der Waals surface area (Å²) in [6.07, 6.45) is 5.22. The zero-order valence-corrected chi connectivity index (χ0v) is 18.2. The van der Waals surface area contributed by atoms with Gasteiger partial charge in [0.25, 0.3) is 5.91 Å². The number of nitrogens with two attached hydrogens (primary N) is 1. The second-order valence-electron chi connectivity index (χ2n) is 7.12. The highest BCUT2D eigenvalue weighted by Crippen LogP contribution is 2.36. The van der Waals surface area contributed by atoms with Crippen molar-refractivity contribution < 1.29 is 4.79 Å². The fourth-order valence-electron chi connectivity index (χ4n) is 3.91. The molecular weight excluding hydrogens is 380 g/mol. The minimum absolute atomic E-state index is 0.0628. The Kier molecular flexibility index (Phi) is 9.22. The van der Waals surface area contributed by atoms with E-state index >= 15 is 0 Å². The lowest BCUT2D eigenvalue weighted by Gasteiger charge is -2.35. The molecule has 0 spiro atoms. The van der Waals surface area contributed by atoms with Crippen LogP contribution in [-0.4, -0.2) is 50.1 Å². The van der Waals surface area contributed by atoms with Crippen LogP contribution in [0.15, 0.2) is 65.7 Å². The van der Waals surface area contributed by atoms with Gasteiger partial charge in [0.05, 0.1) is 6.34 Å². The number of piperidine rings is 1. The third kappa shape index (κ3) is 5.40. The van der Waals surface area contributed by atoms with Crippen molar-refractivity contribution in [1.29, 1.82) is 0 Å². The lowest BCUT2D eigenvalue weighted by molar-refractivity contribution is -0.135. The SMILES string of the molecule is CN(CC1CCCNC1)C(=O)C(N=CN)(c1ccccc1)c1ccccc1.CS. The van der Waals surface area contributed by atoms with E-state index in [0.717, 1.165) is 37.1 Å². The number of hydrogen-bond acceptors (Lipinski definition) is 4. The molecular formula is C23H32N4OS. The predicted octanol–water partition coefficient (Wildman–Crippen LogP) is 2.92. The van der Waals surface area contributed by atoms with Gasteiger partial charge in [-0.05, 0) is 49.2 Å². The van der Waals surface area contributed by atoms with E-state index in [2.05, 4.69) is 22.9 Å². The molecule has 0 saturated carbocycles. The van der Waals surface area contributed by atoms with Gasteiger partial charge in [-0.1, -0.05) is 60.7 Å². The smallest absolute Gasteiger partial charge is 0.259 e. The first-order valence-electron chi connectivity index (χ1n) is 9.96. The number of nitrogens with one attached hydrogen (secondary N) is 1. The van der Waals surface area contributed by atoms with Crippen LogP contribution in [0.5, 0.6) is 0 Å². The van der Waals surface area contributed by atoms with Crippen LogP contribution >= 0.6 is 12.6 Å². The molecule has 1 heterocycles. The maximum atomic E-state index is 13.8. The second-order valence-corrected chi connectivity index (χ2v) is 7.12. The lowest BCUT2D eigenvalue weighted by atomic mass is 9.81. The fraction of sp³-hybridized carbons (Fsp3) is 0.391. The number of nitrogens with zero attached hydrogens (tertiary/aromatic N) is 2. The molecule has 3 N–H and O–H groups in total. The molecule has 1 unspecified atom stereocenters. The van der Waals surface area contributed by atoms with Crippen LogP contribution in [-0.2, 0) is 10.3 Å². The van der Waals surface area contributed by atoms with Gasteiger partial charge in [0.15, 0.2) is 5.54 Å². The monoisotopic (exact) mass is 412 g/mol. The van der Waals surface area contributed by atoms with Crippen LogP contribution in [0, 0.1) is 5.92 Å². The molecule has 5 nitrogen and oxygen atoms in total. The molecule has 1 amide bonds. The van der Waals surface area contributed by atoms with Gasteiger partial charge in [0.2, 0.25) is 0 Å². The first kappa shape index (κ1) is 23.0. The third-order valence-corrected chi connectivity index (χ3v) is 5.24. The predicted molar refractivity (Wildman–Crippen MR) is 124 cm³/mol. The number of likely N-dealkylation sites (N-methyl/N-ethyl adjacent to an activating group) is 1. The molecule has 2 aromatic carbocycles. The largest absolute Gasteiger partial charge is 0.390 e. The topological polar surface area (TPSA) is 70.7 Å². The van der Waals surface area contributed by atoms with Gasteiger partial charge in [0, 0.05) is 13.6 Å². The Labute approximate surface area is 179 Å². The normalized spacial score (nSPS) is 16.7. The van der Waals surface area contributed by atoms with Crippen molar-refractivity contribution in [3.63, 3.8) is 0 Å². The highest BCUT2D eigenvalue weighted by Gasteiger charge is 2.43. The highest BCUT2D eigenvalue weighted by atomic mass is 32.1. The first-order valence-corrected chi connectivity index (χ1v) is 10.9. The first-order chi connectivity index (χ1) is 14.2. The lowest BCUT2D eigenvalue weighted by Crippen LogP contribution is -2.48. The van der Waals surface area contributed by atoms with Crippen molar-refractivity contribution in [2.75, 3.05) is 32.9 Å². The van der Waals surface area contributed by atoms with Crippen molar-refractivity contribution in [3.05, 3.63) is 71.8 Å². The summed E-state index contributed by atoms with van der Waals surface area (Å²) in [5.41, 5.74) is 6.20. The van der Waals surface area contributed by atoms with Crippen molar-refractivity contribution in [3.8, 4) is 0 Å². The van der Waals surface area contributed by atoms with E-state index in [1.807, 2.05) is 72.6 Å². The summed E-state index contributed by atoms with van der Waals surface area (Å²) in [4.78, 5) is 20.1. The average molecular weight is 413 g/mol. The summed E-state index contributed by atoms with van der Waals surface area (Å²) in [6, 6.07) is 19.3. The molecule has 6 heteroatoms. The second kappa shape index (κ2) is 11.6. The Hall–Kier alpha value is -2.31. The van der Waals surface area contributed by atoms with Gasteiger partial charge in [-0.3, -0.25) is 4.79 Å². The molecule has 1 atom stereocenters. The number of carbonyl (C=O) groups is 1. The number of benzene rings is 2. The van der Waals surface area contributed by atoms with E-state index < -0.39 is 5.54 Å². The van der Waals surface area contributed by atoms with Gasteiger partial charge < -0.3 is 16.0 Å². The summed E-state index contributed by atoms with van der Waals surface area (Å²) < 4.78 is 0. The Balaban J connectivity index is 0.00000145. The summed E-state index contributed by atoms with van der Waals surface area (Å²) in [5, 5.41) is 3.42. The van der Waals surface area contributed by atoms with Gasteiger partial charge in [-0.15, -0.1) is 0 Å². The van der Waals surface area contributed by atoms with Crippen molar-refractivity contribution in [2.24, 2.45) is 16.6 Å². The zero-order valence-electron chi connectivity index (χ0n) is 17.3. The van der Waals surface area contributed by atoms with Gasteiger partial charge >= 0.3 is 0 Å². The molecule has 0 bridgehead atoms. The van der Waals surface area contributed by atoms with Crippen molar-refractivity contribution in [1.82, 2.24) is 10.2 Å². The van der Waals surface area contributed by atoms with Crippen LogP contribution in [0.4, 0.5) is 0 Å². The molecule has 3 rings (SSSR count). The summed E-state index contributed by atoms with van der Waals surface area (Å²) in [5.74, 6) is 0.394. The summed E-state index contributed by atoms with van der Waals surface area (Å²) in [6.45, 7) is 2.71. The van der Waals surface area contributed by atoms with Crippen LogP contribution < -0.4 is 11.1 Å². The van der Waals surface area contributed by atoms with E-state index in [1.165, 1.54) is 6.34 Å². The number of thiol groups is 1. The number of rotatable bonds is 6. The molecule has 1 aliphatic heterocycles. The number of hydrogen-bond donors (Lipinski definition) is 3. The molecule has 29 heavy (non-hydrogen) atoms. The van der Waals surface area contributed by atoms with Crippen LogP contribution in [0.1, 0.15) is 24.0 Å².